The fraction of sp³-hybridized carbons (Fsp3) is 0.500. The van der Waals surface area contributed by atoms with Crippen molar-refractivity contribution in [3.05, 3.63) is 30.3 Å². The van der Waals surface area contributed by atoms with Gasteiger partial charge in [0.25, 0.3) is 0 Å². The van der Waals surface area contributed by atoms with Crippen LogP contribution in [0, 0.1) is 0 Å². The third-order valence-electron chi connectivity index (χ3n) is 3.12. The van der Waals surface area contributed by atoms with Crippen LogP contribution in [0.15, 0.2) is 30.3 Å². The van der Waals surface area contributed by atoms with Gasteiger partial charge in [-0.1, -0.05) is 18.2 Å². The number of benzene rings is 1. The van der Waals surface area contributed by atoms with Gasteiger partial charge < -0.3 is 5.48 Å². The topological polar surface area (TPSA) is 31.5 Å². The van der Waals surface area contributed by atoms with E-state index in [2.05, 4.69) is 51.1 Å². The van der Waals surface area contributed by atoms with Gasteiger partial charge in [-0.3, -0.25) is 0 Å². The monoisotopic (exact) mass is 213 g/mol. The number of hydrogen-bond acceptors (Lipinski definition) is 0. The Labute approximate surface area is 88.2 Å². The zero-order valence-electron chi connectivity index (χ0n) is 9.46. The second-order valence-electron chi connectivity index (χ2n) is 3.43. The van der Waals surface area contributed by atoms with Crippen LogP contribution in [-0.2, 0) is 0 Å². The van der Waals surface area contributed by atoms with Crippen LogP contribution in [0.25, 0.3) is 0 Å². The van der Waals surface area contributed by atoms with Gasteiger partial charge in [0.2, 0.25) is 0 Å². The van der Waals surface area contributed by atoms with Crippen LogP contribution >= 0.6 is 7.26 Å². The molecule has 0 saturated carbocycles. The molecular formula is C12H22OP+. The molecule has 0 saturated heterocycles. The minimum atomic E-state index is -0.791. The van der Waals surface area contributed by atoms with Gasteiger partial charge in [-0.25, -0.2) is 0 Å². The van der Waals surface area contributed by atoms with E-state index in [1.807, 2.05) is 0 Å². The number of hydrogen-bond donors (Lipinski definition) is 0. The third kappa shape index (κ3) is 2.56. The first-order chi connectivity index (χ1) is 6.29. The predicted molar refractivity (Wildman–Crippen MR) is 68.2 cm³/mol. The standard InChI is InChI=1S/C12H20P.H2O/c1-4-13(5-2,6-3)12-10-8-7-9-11-12;/h7-11H,4-6H2,1-3H3;1H2/q+1;. The number of rotatable bonds is 4. The first-order valence-corrected chi connectivity index (χ1v) is 7.55. The predicted octanol–water partition coefficient (Wildman–Crippen LogP) is 2.56. The van der Waals surface area contributed by atoms with Crippen molar-refractivity contribution in [3.8, 4) is 0 Å². The molecule has 1 rings (SSSR count). The van der Waals surface area contributed by atoms with Crippen molar-refractivity contribution >= 4 is 12.6 Å². The molecule has 2 heteroatoms. The molecule has 0 aliphatic rings. The summed E-state index contributed by atoms with van der Waals surface area (Å²) in [5.74, 6) is 0. The Hall–Kier alpha value is -0.390. The summed E-state index contributed by atoms with van der Waals surface area (Å²) in [6, 6.07) is 11.1. The van der Waals surface area contributed by atoms with Crippen LogP contribution in [-0.4, -0.2) is 24.0 Å². The Morgan fingerprint density at radius 1 is 0.857 bits per heavy atom. The van der Waals surface area contributed by atoms with Crippen LogP contribution in [0.3, 0.4) is 0 Å². The third-order valence-corrected chi connectivity index (χ3v) is 8.15. The van der Waals surface area contributed by atoms with E-state index in [9.17, 15) is 0 Å². The first kappa shape index (κ1) is 13.6. The second-order valence-corrected chi connectivity index (χ2v) is 8.13. The molecule has 2 N–H and O–H groups in total. The Balaban J connectivity index is 0.00000169. The minimum absolute atomic E-state index is 0. The molecule has 14 heavy (non-hydrogen) atoms. The van der Waals surface area contributed by atoms with Crippen molar-refractivity contribution in [1.29, 1.82) is 0 Å². The summed E-state index contributed by atoms with van der Waals surface area (Å²) in [6.45, 7) is 7.02. The van der Waals surface area contributed by atoms with Gasteiger partial charge in [0, 0.05) is 7.26 Å². The highest BCUT2D eigenvalue weighted by atomic mass is 31.2. The van der Waals surface area contributed by atoms with E-state index in [4.69, 9.17) is 0 Å². The van der Waals surface area contributed by atoms with Gasteiger partial charge in [-0.2, -0.15) is 0 Å². The van der Waals surface area contributed by atoms with Gasteiger partial charge in [0.05, 0.1) is 23.8 Å². The fourth-order valence-corrected chi connectivity index (χ4v) is 5.20. The van der Waals surface area contributed by atoms with Crippen molar-refractivity contribution < 1.29 is 5.48 Å². The van der Waals surface area contributed by atoms with Gasteiger partial charge in [0.15, 0.2) is 0 Å². The van der Waals surface area contributed by atoms with Crippen molar-refractivity contribution in [1.82, 2.24) is 0 Å². The Morgan fingerprint density at radius 2 is 1.29 bits per heavy atom. The van der Waals surface area contributed by atoms with E-state index in [0.717, 1.165) is 0 Å². The molecule has 0 heterocycles. The average Bonchev–Trinajstić information content (AvgIpc) is 2.23. The Kier molecular flexibility index (Phi) is 5.99. The summed E-state index contributed by atoms with van der Waals surface area (Å²) in [6.07, 6.45) is 4.05. The minimum Gasteiger partial charge on any atom is -0.412 e. The maximum Gasteiger partial charge on any atom is 0.0939 e. The molecule has 1 aromatic carbocycles. The summed E-state index contributed by atoms with van der Waals surface area (Å²) < 4.78 is 0. The van der Waals surface area contributed by atoms with Crippen molar-refractivity contribution in [2.24, 2.45) is 0 Å². The molecule has 0 bridgehead atoms. The molecule has 0 aliphatic carbocycles. The van der Waals surface area contributed by atoms with Crippen LogP contribution in [0.4, 0.5) is 0 Å². The fourth-order valence-electron chi connectivity index (χ4n) is 1.96. The molecule has 0 aromatic heterocycles. The zero-order valence-corrected chi connectivity index (χ0v) is 10.3. The molecular weight excluding hydrogens is 191 g/mol. The molecule has 80 valence electrons. The lowest BCUT2D eigenvalue weighted by Gasteiger charge is -2.23. The lowest BCUT2D eigenvalue weighted by Crippen LogP contribution is -2.17. The van der Waals surface area contributed by atoms with E-state index in [-0.39, 0.29) is 5.48 Å². The smallest absolute Gasteiger partial charge is 0.0939 e. The van der Waals surface area contributed by atoms with E-state index in [0.29, 0.717) is 0 Å². The van der Waals surface area contributed by atoms with Gasteiger partial charge >= 0.3 is 0 Å². The van der Waals surface area contributed by atoms with E-state index in [1.54, 1.807) is 5.30 Å². The molecule has 0 fully saturated rings. The molecule has 1 nitrogen and oxygen atoms in total. The SMILES string of the molecule is CC[P+](CC)(CC)c1ccccc1.O. The van der Waals surface area contributed by atoms with Gasteiger partial charge in [-0.15, -0.1) is 0 Å². The summed E-state index contributed by atoms with van der Waals surface area (Å²) in [7, 11) is -0.791. The quantitative estimate of drug-likeness (QED) is 0.688. The van der Waals surface area contributed by atoms with Crippen LogP contribution in [0.1, 0.15) is 20.8 Å². The summed E-state index contributed by atoms with van der Waals surface area (Å²) >= 11 is 0. The Morgan fingerprint density at radius 3 is 1.64 bits per heavy atom. The van der Waals surface area contributed by atoms with Gasteiger partial charge in [-0.05, 0) is 32.9 Å². The first-order valence-electron chi connectivity index (χ1n) is 5.20. The highest BCUT2D eigenvalue weighted by molar-refractivity contribution is 7.82. The highest BCUT2D eigenvalue weighted by Crippen LogP contribution is 2.56. The zero-order chi connectivity index (χ0) is 9.73. The average molecular weight is 213 g/mol. The van der Waals surface area contributed by atoms with Crippen molar-refractivity contribution in [2.75, 3.05) is 18.5 Å². The second kappa shape index (κ2) is 6.16. The van der Waals surface area contributed by atoms with Crippen LogP contribution in [0.5, 0.6) is 0 Å². The molecule has 0 spiro atoms. The van der Waals surface area contributed by atoms with E-state index < -0.39 is 7.26 Å². The summed E-state index contributed by atoms with van der Waals surface area (Å²) in [4.78, 5) is 0. The normalized spacial score (nSPS) is 10.8. The maximum absolute atomic E-state index is 2.34. The maximum atomic E-state index is 2.34. The van der Waals surface area contributed by atoms with Gasteiger partial charge in [0.1, 0.15) is 0 Å². The Bertz CT molecular complexity index is 233. The van der Waals surface area contributed by atoms with Crippen LogP contribution in [0.2, 0.25) is 0 Å². The molecule has 0 aliphatic heterocycles. The van der Waals surface area contributed by atoms with Crippen molar-refractivity contribution in [2.45, 2.75) is 20.8 Å². The summed E-state index contributed by atoms with van der Waals surface area (Å²) in [5, 5.41) is 1.61. The van der Waals surface area contributed by atoms with E-state index >= 15 is 0 Å². The lowest BCUT2D eigenvalue weighted by molar-refractivity contribution is 0.824. The lowest BCUT2D eigenvalue weighted by atomic mass is 10.4. The molecule has 0 amide bonds. The largest absolute Gasteiger partial charge is 0.412 e. The summed E-state index contributed by atoms with van der Waals surface area (Å²) in [5.41, 5.74) is 0. The molecule has 1 aromatic rings. The highest BCUT2D eigenvalue weighted by Gasteiger charge is 2.33. The molecule has 0 unspecified atom stereocenters. The van der Waals surface area contributed by atoms with Crippen LogP contribution < -0.4 is 5.30 Å². The van der Waals surface area contributed by atoms with Crippen molar-refractivity contribution in [3.63, 3.8) is 0 Å². The van der Waals surface area contributed by atoms with E-state index in [1.165, 1.54) is 18.5 Å². The molecule has 0 atom stereocenters. The molecule has 0 radical (unpaired) electrons.